The number of para-hydroxylation sites is 3. The van der Waals surface area contributed by atoms with Gasteiger partial charge in [-0.1, -0.05) is 140 Å². The van der Waals surface area contributed by atoms with E-state index in [4.69, 9.17) is 10.2 Å². The van der Waals surface area contributed by atoms with E-state index >= 15 is 0 Å². The number of nitrogens with zero attached hydrogens (tertiary/aromatic N) is 4. The standard InChI is InChI=1S/C52H38N4O/c1-54-51(38-16-6-3-7-17-38)53-55(34-35-14-4-2-5-15-35)52(54)39-26-24-36(25-27-39)37-28-30-40(31-29-37)56-47-21-11-8-18-41(47)46-32-44-42-19-9-12-22-49(42)57-50-23-13-10-20-43(50)45(44)33-48(46)56/h2-33,51H,34H2,1H3. The quantitative estimate of drug-likeness (QED) is 0.159. The van der Waals surface area contributed by atoms with Crippen LogP contribution in [0.25, 0.3) is 66.3 Å². The predicted molar refractivity (Wildman–Crippen MR) is 232 cm³/mol. The van der Waals surface area contributed by atoms with Gasteiger partial charge in [0, 0.05) is 27.6 Å². The number of rotatable bonds is 6. The topological polar surface area (TPSA) is 34.5 Å². The monoisotopic (exact) mass is 734 g/mol. The summed E-state index contributed by atoms with van der Waals surface area (Å²) in [5.74, 6) is 2.84. The summed E-state index contributed by atoms with van der Waals surface area (Å²) in [6.07, 6.45) is -0.0909. The highest BCUT2D eigenvalue weighted by Gasteiger charge is 2.31. The Morgan fingerprint density at radius 1 is 0.509 bits per heavy atom. The molecule has 0 radical (unpaired) electrons. The fourth-order valence-electron chi connectivity index (χ4n) is 8.73. The van der Waals surface area contributed by atoms with Gasteiger partial charge < -0.3 is 19.4 Å². The Kier molecular flexibility index (Phi) is 7.78. The van der Waals surface area contributed by atoms with Gasteiger partial charge in [-0.2, -0.15) is 0 Å². The molecule has 2 aliphatic rings. The molecule has 11 rings (SSSR count). The number of benzene rings is 8. The Balaban J connectivity index is 0.969. The average Bonchev–Trinajstić information content (AvgIpc) is 3.72. The first-order chi connectivity index (χ1) is 28.2. The highest BCUT2D eigenvalue weighted by Crippen LogP contribution is 2.49. The molecule has 3 heterocycles. The molecule has 0 amide bonds. The van der Waals surface area contributed by atoms with Crippen molar-refractivity contribution >= 4 is 27.6 Å². The second kappa shape index (κ2) is 13.4. The number of hydrogen-bond donors (Lipinski definition) is 0. The lowest BCUT2D eigenvalue weighted by Crippen LogP contribution is -2.28. The normalized spacial score (nSPS) is 14.5. The van der Waals surface area contributed by atoms with Gasteiger partial charge in [-0.25, -0.2) is 0 Å². The number of fused-ring (bicyclic) bond motifs is 8. The van der Waals surface area contributed by atoms with E-state index in [1.165, 1.54) is 55.2 Å². The summed E-state index contributed by atoms with van der Waals surface area (Å²) in [7, 11) is 2.14. The Bertz CT molecular complexity index is 2980. The summed E-state index contributed by atoms with van der Waals surface area (Å²) in [6, 6.07) is 69.2. The van der Waals surface area contributed by atoms with Gasteiger partial charge in [0.05, 0.1) is 29.8 Å². The summed E-state index contributed by atoms with van der Waals surface area (Å²) < 4.78 is 11.1. The van der Waals surface area contributed by atoms with Crippen LogP contribution in [0, 0.1) is 0 Å². The largest absolute Gasteiger partial charge is 0.483 e. The van der Waals surface area contributed by atoms with Crippen LogP contribution in [0.3, 0.4) is 0 Å². The Hall–Kier alpha value is -7.37. The van der Waals surface area contributed by atoms with E-state index in [0.717, 1.165) is 39.7 Å². The molecule has 0 N–H and O–H groups in total. The second-order valence-corrected chi connectivity index (χ2v) is 14.9. The van der Waals surface area contributed by atoms with Gasteiger partial charge in [0.25, 0.3) is 5.84 Å². The van der Waals surface area contributed by atoms with E-state index in [1.54, 1.807) is 0 Å². The average molecular weight is 735 g/mol. The lowest BCUT2D eigenvalue weighted by molar-refractivity contribution is -0.491. The van der Waals surface area contributed by atoms with Crippen LogP contribution in [-0.2, 0) is 6.54 Å². The third-order valence-electron chi connectivity index (χ3n) is 11.5. The highest BCUT2D eigenvalue weighted by atomic mass is 16.5. The van der Waals surface area contributed by atoms with Crippen molar-refractivity contribution in [2.24, 2.45) is 0 Å². The van der Waals surface area contributed by atoms with Crippen molar-refractivity contribution in [3.63, 3.8) is 0 Å². The molecule has 8 aromatic carbocycles. The van der Waals surface area contributed by atoms with Crippen molar-refractivity contribution in [2.75, 3.05) is 7.05 Å². The summed E-state index contributed by atoms with van der Waals surface area (Å²) in [5.41, 5.74) is 19.1. The molecule has 1 aromatic heterocycles. The fraction of sp³-hybridized carbons (Fsp3) is 0.0577. The first kappa shape index (κ1) is 33.0. The molecule has 0 saturated heterocycles. The second-order valence-electron chi connectivity index (χ2n) is 14.9. The molecule has 0 spiro atoms. The summed E-state index contributed by atoms with van der Waals surface area (Å²) in [6.45, 7) is 0.701. The van der Waals surface area contributed by atoms with Gasteiger partial charge in [-0.3, -0.25) is 4.90 Å². The van der Waals surface area contributed by atoms with Crippen LogP contribution in [0.5, 0.6) is 11.5 Å². The molecule has 0 bridgehead atoms. The molecule has 5 nitrogen and oxygen atoms in total. The molecule has 9 aromatic rings. The van der Waals surface area contributed by atoms with Crippen LogP contribution < -0.4 is 4.74 Å². The van der Waals surface area contributed by atoms with Gasteiger partial charge in [-0.05, 0) is 88.0 Å². The highest BCUT2D eigenvalue weighted by molar-refractivity contribution is 6.13. The number of ether oxygens (including phenoxy) is 1. The minimum atomic E-state index is -0.0909. The molecule has 1 unspecified atom stereocenters. The van der Waals surface area contributed by atoms with Crippen molar-refractivity contribution < 1.29 is 9.42 Å². The minimum absolute atomic E-state index is 0.0909. The zero-order valence-corrected chi connectivity index (χ0v) is 31.5. The molecule has 5 heteroatoms. The lowest BCUT2D eigenvalue weighted by Gasteiger charge is -2.25. The van der Waals surface area contributed by atoms with E-state index in [1.807, 2.05) is 12.1 Å². The number of aromatic nitrogens is 1. The Morgan fingerprint density at radius 2 is 1.07 bits per heavy atom. The molecule has 1 atom stereocenters. The van der Waals surface area contributed by atoms with E-state index in [0.29, 0.717) is 6.54 Å². The van der Waals surface area contributed by atoms with Gasteiger partial charge in [-0.15, -0.1) is 0 Å². The third kappa shape index (κ3) is 5.58. The third-order valence-corrected chi connectivity index (χ3v) is 11.5. The maximum Gasteiger partial charge on any atom is 0.269 e. The molecular formula is C52H38N4O. The first-order valence-electron chi connectivity index (χ1n) is 19.5. The molecule has 0 saturated carbocycles. The van der Waals surface area contributed by atoms with E-state index < -0.39 is 0 Å². The van der Waals surface area contributed by atoms with Crippen molar-refractivity contribution in [3.05, 3.63) is 216 Å². The lowest BCUT2D eigenvalue weighted by atomic mass is 9.92. The Labute approximate surface area is 332 Å². The zero-order valence-electron chi connectivity index (χ0n) is 31.5. The van der Waals surface area contributed by atoms with Crippen LogP contribution >= 0.6 is 0 Å². The van der Waals surface area contributed by atoms with Gasteiger partial charge in [0.2, 0.25) is 0 Å². The molecular weight excluding hydrogens is 697 g/mol. The van der Waals surface area contributed by atoms with Crippen LogP contribution in [0.2, 0.25) is 0 Å². The summed E-state index contributed by atoms with van der Waals surface area (Å²) in [4.78, 5) is 2.29. The van der Waals surface area contributed by atoms with Crippen molar-refractivity contribution in [2.45, 2.75) is 12.7 Å². The zero-order chi connectivity index (χ0) is 37.9. The van der Waals surface area contributed by atoms with Crippen molar-refractivity contribution in [3.8, 4) is 50.6 Å². The maximum atomic E-state index is 6.52. The Morgan fingerprint density at radius 3 is 1.77 bits per heavy atom. The summed E-state index contributed by atoms with van der Waals surface area (Å²) in [5, 5.41) is 2.44. The van der Waals surface area contributed by atoms with E-state index in [9.17, 15) is 0 Å². The molecule has 0 aliphatic carbocycles. The molecule has 0 fully saturated rings. The van der Waals surface area contributed by atoms with Crippen molar-refractivity contribution in [1.29, 1.82) is 0 Å². The van der Waals surface area contributed by atoms with Crippen LogP contribution in [0.15, 0.2) is 194 Å². The van der Waals surface area contributed by atoms with E-state index in [2.05, 4.69) is 203 Å². The van der Waals surface area contributed by atoms with Crippen LogP contribution in [0.1, 0.15) is 22.9 Å². The van der Waals surface area contributed by atoms with E-state index in [-0.39, 0.29) is 6.17 Å². The predicted octanol–water partition coefficient (Wildman–Crippen LogP) is 12.8. The van der Waals surface area contributed by atoms with Gasteiger partial charge in [0.15, 0.2) is 0 Å². The molecule has 2 aliphatic heterocycles. The van der Waals surface area contributed by atoms with Crippen LogP contribution in [0.4, 0.5) is 0 Å². The smallest absolute Gasteiger partial charge is 0.269 e. The molecule has 272 valence electrons. The van der Waals surface area contributed by atoms with Gasteiger partial charge in [0.1, 0.15) is 18.0 Å². The van der Waals surface area contributed by atoms with Gasteiger partial charge >= 0.3 is 0 Å². The SMILES string of the molecule is CN1C(c2ccc(-c3ccc(-n4c5ccccc5c5cc6c(cc54)-c4ccccc4Oc4ccccc4-6)cc3)cc2)=[N+](Cc2ccccc2)[N-]C1c1ccccc1. The number of amidine groups is 1. The number of hydrogen-bond acceptors (Lipinski definition) is 2. The first-order valence-corrected chi connectivity index (χ1v) is 19.5. The van der Waals surface area contributed by atoms with Crippen LogP contribution in [-0.4, -0.2) is 27.0 Å². The fourth-order valence-corrected chi connectivity index (χ4v) is 8.73. The molecule has 57 heavy (non-hydrogen) atoms. The summed E-state index contributed by atoms with van der Waals surface area (Å²) >= 11 is 0. The van der Waals surface area contributed by atoms with Crippen molar-refractivity contribution in [1.82, 2.24) is 9.47 Å². The maximum absolute atomic E-state index is 6.52. The minimum Gasteiger partial charge on any atom is -0.483 e.